The average molecular weight is 380 g/mol. The first-order valence-corrected chi connectivity index (χ1v) is 8.27. The van der Waals surface area contributed by atoms with E-state index in [1.807, 2.05) is 0 Å². The summed E-state index contributed by atoms with van der Waals surface area (Å²) < 4.78 is 33.2. The maximum Gasteiger partial charge on any atom is 0.275 e. The zero-order chi connectivity index (χ0) is 20.1. The first kappa shape index (κ1) is 20.4. The summed E-state index contributed by atoms with van der Waals surface area (Å²) in [4.78, 5) is 21.1. The molecule has 27 heavy (non-hydrogen) atoms. The van der Waals surface area contributed by atoms with Crippen LogP contribution < -0.4 is 0 Å². The van der Waals surface area contributed by atoms with Gasteiger partial charge in [-0.3, -0.25) is 20.2 Å². The standard InChI is InChI=1S/C18H18F2N2O5/c1-3-11-7-17(21(23)24)13(5-15(11)19)9-27-10-14-6-16(20)12(4-2)8-18(14)22(25)26/h5-8H,3-4,9-10H2,1-2H3. The lowest BCUT2D eigenvalue weighted by Crippen LogP contribution is -2.04. The highest BCUT2D eigenvalue weighted by molar-refractivity contribution is 5.45. The molecule has 0 amide bonds. The van der Waals surface area contributed by atoms with E-state index in [1.54, 1.807) is 13.8 Å². The van der Waals surface area contributed by atoms with Crippen LogP contribution in [0.2, 0.25) is 0 Å². The van der Waals surface area contributed by atoms with Crippen LogP contribution in [0.15, 0.2) is 24.3 Å². The molecule has 0 aliphatic carbocycles. The Balaban J connectivity index is 2.24. The van der Waals surface area contributed by atoms with Crippen molar-refractivity contribution in [1.82, 2.24) is 0 Å². The van der Waals surface area contributed by atoms with E-state index < -0.39 is 21.5 Å². The van der Waals surface area contributed by atoms with Crippen molar-refractivity contribution in [3.8, 4) is 0 Å². The lowest BCUT2D eigenvalue weighted by Gasteiger charge is -2.09. The van der Waals surface area contributed by atoms with Crippen molar-refractivity contribution in [3.05, 3.63) is 78.4 Å². The molecule has 0 aliphatic rings. The lowest BCUT2D eigenvalue weighted by atomic mass is 10.1. The normalized spacial score (nSPS) is 10.8. The Morgan fingerprint density at radius 1 is 0.778 bits per heavy atom. The largest absolute Gasteiger partial charge is 0.372 e. The van der Waals surface area contributed by atoms with E-state index in [2.05, 4.69) is 0 Å². The van der Waals surface area contributed by atoms with Gasteiger partial charge in [0.05, 0.1) is 34.2 Å². The number of aryl methyl sites for hydroxylation is 2. The molecule has 2 rings (SSSR count). The highest BCUT2D eigenvalue weighted by atomic mass is 19.1. The summed E-state index contributed by atoms with van der Waals surface area (Å²) in [7, 11) is 0. The molecule has 7 nitrogen and oxygen atoms in total. The molecule has 0 atom stereocenters. The van der Waals surface area contributed by atoms with Crippen LogP contribution in [-0.2, 0) is 30.8 Å². The Morgan fingerprint density at radius 3 is 1.44 bits per heavy atom. The number of hydrogen-bond donors (Lipinski definition) is 0. The number of benzene rings is 2. The second-order valence-corrected chi connectivity index (χ2v) is 5.86. The van der Waals surface area contributed by atoms with Crippen LogP contribution in [0.3, 0.4) is 0 Å². The fourth-order valence-corrected chi connectivity index (χ4v) is 2.68. The van der Waals surface area contributed by atoms with Gasteiger partial charge in [-0.2, -0.15) is 0 Å². The van der Waals surface area contributed by atoms with Crippen LogP contribution in [0.4, 0.5) is 20.2 Å². The molecule has 144 valence electrons. The molecule has 0 spiro atoms. The van der Waals surface area contributed by atoms with Crippen molar-refractivity contribution in [2.45, 2.75) is 39.9 Å². The summed E-state index contributed by atoms with van der Waals surface area (Å²) in [6.45, 7) is 2.66. The minimum atomic E-state index is -0.643. The van der Waals surface area contributed by atoms with Gasteiger partial charge in [0.25, 0.3) is 11.4 Å². The Morgan fingerprint density at radius 2 is 1.15 bits per heavy atom. The Labute approximate surface area is 153 Å². The minimum absolute atomic E-state index is 0.00278. The van der Waals surface area contributed by atoms with Crippen LogP contribution in [0, 0.1) is 31.9 Å². The number of nitro groups is 2. The van der Waals surface area contributed by atoms with Crippen LogP contribution >= 0.6 is 0 Å². The number of hydrogen-bond acceptors (Lipinski definition) is 5. The first-order chi connectivity index (χ1) is 12.8. The third-order valence-electron chi connectivity index (χ3n) is 4.17. The van der Waals surface area contributed by atoms with E-state index in [4.69, 9.17) is 4.74 Å². The zero-order valence-electron chi connectivity index (χ0n) is 14.8. The predicted molar refractivity (Wildman–Crippen MR) is 93.4 cm³/mol. The molecule has 0 heterocycles. The highest BCUT2D eigenvalue weighted by Gasteiger charge is 2.20. The van der Waals surface area contributed by atoms with Gasteiger partial charge in [0, 0.05) is 12.1 Å². The van der Waals surface area contributed by atoms with Gasteiger partial charge in [0.1, 0.15) is 11.6 Å². The molecule has 0 radical (unpaired) electrons. The van der Waals surface area contributed by atoms with Crippen LogP contribution in [-0.4, -0.2) is 9.85 Å². The molecule has 0 saturated heterocycles. The van der Waals surface area contributed by atoms with Gasteiger partial charge < -0.3 is 4.74 Å². The number of ether oxygens (including phenoxy) is 1. The summed E-state index contributed by atoms with van der Waals surface area (Å²) in [5, 5.41) is 22.4. The van der Waals surface area contributed by atoms with Crippen molar-refractivity contribution in [2.75, 3.05) is 0 Å². The minimum Gasteiger partial charge on any atom is -0.372 e. The van der Waals surface area contributed by atoms with E-state index in [1.165, 1.54) is 0 Å². The molecule has 0 aliphatic heterocycles. The summed E-state index contributed by atoms with van der Waals surface area (Å²) in [6.07, 6.45) is 0.589. The van der Waals surface area contributed by atoms with Crippen LogP contribution in [0.25, 0.3) is 0 Å². The molecule has 0 aromatic heterocycles. The van der Waals surface area contributed by atoms with Crippen molar-refractivity contribution in [1.29, 1.82) is 0 Å². The van der Waals surface area contributed by atoms with Gasteiger partial charge >= 0.3 is 0 Å². The first-order valence-electron chi connectivity index (χ1n) is 8.27. The summed E-state index contributed by atoms with van der Waals surface area (Å²) in [5.74, 6) is -1.18. The van der Waals surface area contributed by atoms with Crippen molar-refractivity contribution >= 4 is 11.4 Å². The molecule has 0 fully saturated rings. The molecule has 0 bridgehead atoms. The summed E-state index contributed by atoms with van der Waals surface area (Å²) >= 11 is 0. The van der Waals surface area contributed by atoms with Crippen molar-refractivity contribution in [2.24, 2.45) is 0 Å². The molecule has 9 heteroatoms. The fraction of sp³-hybridized carbons (Fsp3) is 0.333. The second kappa shape index (κ2) is 8.63. The summed E-state index contributed by atoms with van der Waals surface area (Å²) in [5.41, 5.74) is -0.173. The highest BCUT2D eigenvalue weighted by Crippen LogP contribution is 2.27. The molecule has 2 aromatic carbocycles. The lowest BCUT2D eigenvalue weighted by molar-refractivity contribution is -0.386. The van der Waals surface area contributed by atoms with E-state index in [9.17, 15) is 29.0 Å². The van der Waals surface area contributed by atoms with E-state index in [-0.39, 0.29) is 46.8 Å². The molecule has 0 unspecified atom stereocenters. The smallest absolute Gasteiger partial charge is 0.275 e. The van der Waals surface area contributed by atoms with Crippen LogP contribution in [0.5, 0.6) is 0 Å². The molecule has 0 N–H and O–H groups in total. The van der Waals surface area contributed by atoms with Crippen molar-refractivity contribution < 1.29 is 23.4 Å². The van der Waals surface area contributed by atoms with Gasteiger partial charge in [0.2, 0.25) is 0 Å². The Hall–Kier alpha value is -2.94. The SMILES string of the molecule is CCc1cc([N+](=O)[O-])c(COCc2cc(F)c(CC)cc2[N+](=O)[O-])cc1F. The maximum absolute atomic E-state index is 13.9. The van der Waals surface area contributed by atoms with Gasteiger partial charge in [-0.25, -0.2) is 8.78 Å². The number of nitrogens with zero attached hydrogens (tertiary/aromatic N) is 2. The van der Waals surface area contributed by atoms with E-state index >= 15 is 0 Å². The Kier molecular flexibility index (Phi) is 6.51. The quantitative estimate of drug-likeness (QED) is 0.492. The second-order valence-electron chi connectivity index (χ2n) is 5.86. The fourth-order valence-electron chi connectivity index (χ4n) is 2.68. The average Bonchev–Trinajstić information content (AvgIpc) is 2.61. The van der Waals surface area contributed by atoms with Crippen molar-refractivity contribution in [3.63, 3.8) is 0 Å². The van der Waals surface area contributed by atoms with E-state index in [0.29, 0.717) is 12.8 Å². The summed E-state index contributed by atoms with van der Waals surface area (Å²) in [6, 6.07) is 4.33. The molecular formula is C18H18F2N2O5. The molecule has 0 saturated carbocycles. The predicted octanol–water partition coefficient (Wildman–Crippen LogP) is 4.62. The third-order valence-corrected chi connectivity index (χ3v) is 4.17. The van der Waals surface area contributed by atoms with Gasteiger partial charge in [0.15, 0.2) is 0 Å². The number of halogens is 2. The van der Waals surface area contributed by atoms with E-state index in [0.717, 1.165) is 24.3 Å². The Bertz CT molecular complexity index is 815. The van der Waals surface area contributed by atoms with Crippen LogP contribution in [0.1, 0.15) is 36.1 Å². The monoisotopic (exact) mass is 380 g/mol. The van der Waals surface area contributed by atoms with Gasteiger partial charge in [-0.05, 0) is 36.1 Å². The number of nitro benzene ring substituents is 2. The maximum atomic E-state index is 13.9. The number of rotatable bonds is 8. The van der Waals surface area contributed by atoms with Gasteiger partial charge in [-0.1, -0.05) is 13.8 Å². The topological polar surface area (TPSA) is 95.5 Å². The van der Waals surface area contributed by atoms with Gasteiger partial charge in [-0.15, -0.1) is 0 Å². The molecule has 2 aromatic rings. The zero-order valence-corrected chi connectivity index (χ0v) is 14.8. The molecular weight excluding hydrogens is 362 g/mol. The third kappa shape index (κ3) is 4.62.